The summed E-state index contributed by atoms with van der Waals surface area (Å²) in [4.78, 5) is 27.4. The van der Waals surface area contributed by atoms with E-state index in [0.717, 1.165) is 70.5 Å². The maximum atomic E-state index is 12.7. The molecule has 1 aromatic carbocycles. The Kier molecular flexibility index (Phi) is 5.58. The van der Waals surface area contributed by atoms with Gasteiger partial charge in [-0.2, -0.15) is 0 Å². The van der Waals surface area contributed by atoms with Crippen LogP contribution < -0.4 is 10.6 Å². The summed E-state index contributed by atoms with van der Waals surface area (Å²) >= 11 is 0. The van der Waals surface area contributed by atoms with E-state index >= 15 is 0 Å². The third-order valence-corrected chi connectivity index (χ3v) is 5.51. The normalized spacial score (nSPS) is 20.2. The molecule has 6 nitrogen and oxygen atoms in total. The fourth-order valence-electron chi connectivity index (χ4n) is 3.70. The molecule has 0 unspecified atom stereocenters. The first-order chi connectivity index (χ1) is 12.2. The second-order valence-electron chi connectivity index (χ2n) is 7.01. The summed E-state index contributed by atoms with van der Waals surface area (Å²) in [6, 6.07) is 7.77. The largest absolute Gasteiger partial charge is 0.379 e. The Morgan fingerprint density at radius 2 is 1.72 bits per heavy atom. The van der Waals surface area contributed by atoms with E-state index < -0.39 is 0 Å². The predicted octanol–water partition coefficient (Wildman–Crippen LogP) is 2.18. The summed E-state index contributed by atoms with van der Waals surface area (Å²) in [6.45, 7) is 7.14. The molecule has 2 saturated heterocycles. The molecule has 25 heavy (non-hydrogen) atoms. The van der Waals surface area contributed by atoms with Crippen LogP contribution in [0.5, 0.6) is 0 Å². The minimum atomic E-state index is 0.0168. The number of likely N-dealkylation sites (tertiary alicyclic amines) is 1. The van der Waals surface area contributed by atoms with Crippen LogP contribution in [0.4, 0.5) is 10.5 Å². The van der Waals surface area contributed by atoms with Gasteiger partial charge in [0.15, 0.2) is 0 Å². The summed E-state index contributed by atoms with van der Waals surface area (Å²) in [5.41, 5.74) is 1.74. The minimum Gasteiger partial charge on any atom is -0.379 e. The number of anilines is 1. The monoisotopic (exact) mass is 344 g/mol. The first-order valence-electron chi connectivity index (χ1n) is 9.24. The highest BCUT2D eigenvalue weighted by atomic mass is 16.2. The molecular weight excluding hydrogens is 316 g/mol. The van der Waals surface area contributed by atoms with Gasteiger partial charge >= 0.3 is 6.03 Å². The van der Waals surface area contributed by atoms with E-state index in [2.05, 4.69) is 17.6 Å². The van der Waals surface area contributed by atoms with Gasteiger partial charge in [-0.25, -0.2) is 4.79 Å². The quantitative estimate of drug-likeness (QED) is 0.822. The van der Waals surface area contributed by atoms with Crippen LogP contribution in [0.3, 0.4) is 0 Å². The topological polar surface area (TPSA) is 64.7 Å². The van der Waals surface area contributed by atoms with Crippen molar-refractivity contribution < 1.29 is 9.59 Å². The molecule has 136 valence electrons. The van der Waals surface area contributed by atoms with Crippen molar-refractivity contribution in [1.29, 1.82) is 0 Å². The van der Waals surface area contributed by atoms with Gasteiger partial charge in [-0.1, -0.05) is 6.92 Å². The van der Waals surface area contributed by atoms with Crippen molar-refractivity contribution in [3.05, 3.63) is 29.8 Å². The Labute approximate surface area is 149 Å². The summed E-state index contributed by atoms with van der Waals surface area (Å²) in [7, 11) is 0. The Hall–Kier alpha value is -2.08. The van der Waals surface area contributed by atoms with Crippen LogP contribution in [0.1, 0.15) is 36.5 Å². The Morgan fingerprint density at radius 3 is 2.28 bits per heavy atom. The van der Waals surface area contributed by atoms with E-state index in [9.17, 15) is 9.59 Å². The molecule has 3 rings (SSSR count). The number of aldehydes is 1. The molecule has 0 spiro atoms. The molecule has 0 aliphatic carbocycles. The molecule has 2 aliphatic rings. The van der Waals surface area contributed by atoms with Crippen molar-refractivity contribution >= 4 is 18.0 Å². The molecule has 0 bridgehead atoms. The van der Waals surface area contributed by atoms with Gasteiger partial charge in [-0.3, -0.25) is 4.79 Å². The second-order valence-corrected chi connectivity index (χ2v) is 7.01. The van der Waals surface area contributed by atoms with E-state index in [1.165, 1.54) is 0 Å². The Bertz CT molecular complexity index is 588. The van der Waals surface area contributed by atoms with Gasteiger partial charge in [0, 0.05) is 56.1 Å². The number of hydrogen-bond donors (Lipinski definition) is 2. The predicted molar refractivity (Wildman–Crippen MR) is 99.1 cm³/mol. The van der Waals surface area contributed by atoms with Crippen LogP contribution in [0, 0.1) is 0 Å². The van der Waals surface area contributed by atoms with Crippen molar-refractivity contribution in [3.8, 4) is 0 Å². The summed E-state index contributed by atoms with van der Waals surface area (Å²) in [5.74, 6) is 0. The molecule has 2 N–H and O–H groups in total. The first-order valence-corrected chi connectivity index (χ1v) is 9.24. The zero-order valence-electron chi connectivity index (χ0n) is 15.0. The van der Waals surface area contributed by atoms with Crippen molar-refractivity contribution in [3.63, 3.8) is 0 Å². The van der Waals surface area contributed by atoms with E-state index in [1.807, 2.05) is 34.1 Å². The maximum Gasteiger partial charge on any atom is 0.320 e. The first kappa shape index (κ1) is 17.7. The van der Waals surface area contributed by atoms with Gasteiger partial charge < -0.3 is 20.4 Å². The fourth-order valence-corrected chi connectivity index (χ4v) is 3.70. The van der Waals surface area contributed by atoms with Crippen LogP contribution in [0.2, 0.25) is 0 Å². The van der Waals surface area contributed by atoms with Gasteiger partial charge in [-0.05, 0) is 43.5 Å². The molecule has 0 radical (unpaired) electrons. The molecule has 0 aromatic heterocycles. The maximum absolute atomic E-state index is 12.7. The Morgan fingerprint density at radius 1 is 1.12 bits per heavy atom. The molecule has 1 aromatic rings. The zero-order chi connectivity index (χ0) is 17.7. The zero-order valence-corrected chi connectivity index (χ0v) is 15.0. The number of nitrogens with one attached hydrogen (secondary N) is 2. The van der Waals surface area contributed by atoms with Gasteiger partial charge in [0.25, 0.3) is 0 Å². The van der Waals surface area contributed by atoms with Crippen molar-refractivity contribution in [2.24, 2.45) is 0 Å². The lowest BCUT2D eigenvalue weighted by Gasteiger charge is -2.44. The number of hydrogen-bond acceptors (Lipinski definition) is 4. The smallest absolute Gasteiger partial charge is 0.320 e. The summed E-state index contributed by atoms with van der Waals surface area (Å²) in [6.07, 6.45) is 3.76. The third kappa shape index (κ3) is 4.12. The van der Waals surface area contributed by atoms with Crippen molar-refractivity contribution in [1.82, 2.24) is 15.1 Å². The van der Waals surface area contributed by atoms with E-state index in [0.29, 0.717) is 5.56 Å². The molecule has 2 fully saturated rings. The van der Waals surface area contributed by atoms with Gasteiger partial charge in [0.1, 0.15) is 6.29 Å². The average molecular weight is 344 g/mol. The number of carbonyl (C=O) groups excluding carboxylic acids is 2. The number of amides is 2. The highest BCUT2D eigenvalue weighted by Gasteiger charge is 2.35. The minimum absolute atomic E-state index is 0.0168. The van der Waals surface area contributed by atoms with Gasteiger partial charge in [-0.15, -0.1) is 0 Å². The third-order valence-electron chi connectivity index (χ3n) is 5.51. The number of piperazine rings is 1. The van der Waals surface area contributed by atoms with Crippen LogP contribution in [0.25, 0.3) is 0 Å². The van der Waals surface area contributed by atoms with E-state index in [4.69, 9.17) is 0 Å². The summed E-state index contributed by atoms with van der Waals surface area (Å²) in [5, 5.41) is 6.94. The highest BCUT2D eigenvalue weighted by Crippen LogP contribution is 2.30. The lowest BCUT2D eigenvalue weighted by atomic mass is 9.84. The molecule has 2 aliphatic heterocycles. The molecular formula is C19H28N4O2. The second kappa shape index (κ2) is 7.87. The van der Waals surface area contributed by atoms with Crippen LogP contribution >= 0.6 is 0 Å². The number of rotatable bonds is 4. The average Bonchev–Trinajstić information content (AvgIpc) is 2.69. The lowest BCUT2D eigenvalue weighted by Crippen LogP contribution is -2.56. The number of urea groups is 1. The lowest BCUT2D eigenvalue weighted by molar-refractivity contribution is 0.112. The van der Waals surface area contributed by atoms with Crippen LogP contribution in [0.15, 0.2) is 24.3 Å². The van der Waals surface area contributed by atoms with Crippen LogP contribution in [-0.2, 0) is 0 Å². The van der Waals surface area contributed by atoms with E-state index in [-0.39, 0.29) is 11.6 Å². The highest BCUT2D eigenvalue weighted by molar-refractivity contribution is 5.76. The van der Waals surface area contributed by atoms with E-state index in [1.54, 1.807) is 0 Å². The van der Waals surface area contributed by atoms with Crippen LogP contribution in [-0.4, -0.2) is 66.9 Å². The fraction of sp³-hybridized carbons (Fsp3) is 0.579. The van der Waals surface area contributed by atoms with Gasteiger partial charge in [0.05, 0.1) is 0 Å². The number of piperidine rings is 1. The SMILES string of the molecule is CCC1(Nc2ccc(C=O)cc2)CCN(C(=O)N2CCNCC2)CC1. The molecule has 6 heteroatoms. The van der Waals surface area contributed by atoms with Crippen molar-refractivity contribution in [2.75, 3.05) is 44.6 Å². The molecule has 0 atom stereocenters. The standard InChI is InChI=1S/C19H28N4O2/c1-2-19(21-17-5-3-16(15-24)4-6-17)7-11-22(12-8-19)18(25)23-13-9-20-10-14-23/h3-6,15,20-21H,2,7-14H2,1H3. The van der Waals surface area contributed by atoms with Crippen molar-refractivity contribution in [2.45, 2.75) is 31.7 Å². The number of carbonyl (C=O) groups is 2. The Balaban J connectivity index is 1.59. The number of benzene rings is 1. The molecule has 0 saturated carbocycles. The van der Waals surface area contributed by atoms with Gasteiger partial charge in [0.2, 0.25) is 0 Å². The summed E-state index contributed by atoms with van der Waals surface area (Å²) < 4.78 is 0. The number of nitrogens with zero attached hydrogens (tertiary/aromatic N) is 2. The molecule has 2 amide bonds. The molecule has 2 heterocycles.